The van der Waals surface area contributed by atoms with Gasteiger partial charge in [-0.25, -0.2) is 0 Å². The Hall–Kier alpha value is 0.467. The van der Waals surface area contributed by atoms with E-state index >= 15 is 0 Å². The number of rotatable bonds is 3. The first-order chi connectivity index (χ1) is 2.91. The molecule has 0 saturated carbocycles. The molecule has 0 amide bonds. The maximum Gasteiger partial charge on any atom is 0.125 e. The average Bonchev–Trinajstić information content (AvgIpc) is 1.61. The Morgan fingerprint density at radius 1 is 1.67 bits per heavy atom. The van der Waals surface area contributed by atoms with Crippen molar-refractivity contribution in [2.24, 2.45) is 5.73 Å². The standard InChI is InChI=1S/C3H10ClNSi/c4-6-3-1-2-5/h1-3,5-6H2. The maximum absolute atomic E-state index is 5.46. The zero-order valence-corrected chi connectivity index (χ0v) is 5.95. The van der Waals surface area contributed by atoms with Crippen LogP contribution in [-0.4, -0.2) is 15.4 Å². The molecule has 0 radical (unpaired) electrons. The summed E-state index contributed by atoms with van der Waals surface area (Å²) in [5, 5.41) is 0. The smallest absolute Gasteiger partial charge is 0.125 e. The second-order valence-corrected chi connectivity index (χ2v) is 3.40. The van der Waals surface area contributed by atoms with Crippen molar-refractivity contribution in [3.8, 4) is 0 Å². The monoisotopic (exact) mass is 123 g/mol. The topological polar surface area (TPSA) is 26.0 Å². The Labute approximate surface area is 45.4 Å². The van der Waals surface area contributed by atoms with Crippen LogP contribution < -0.4 is 5.73 Å². The van der Waals surface area contributed by atoms with Crippen molar-refractivity contribution in [3.05, 3.63) is 0 Å². The van der Waals surface area contributed by atoms with Gasteiger partial charge >= 0.3 is 0 Å². The zero-order valence-electron chi connectivity index (χ0n) is 3.78. The van der Waals surface area contributed by atoms with Crippen molar-refractivity contribution in [3.63, 3.8) is 0 Å². The van der Waals surface area contributed by atoms with Gasteiger partial charge in [0, 0.05) is 0 Å². The fourth-order valence-electron chi connectivity index (χ4n) is 0.239. The third-order valence-electron chi connectivity index (χ3n) is 0.588. The van der Waals surface area contributed by atoms with Gasteiger partial charge in [-0.3, -0.25) is 0 Å². The lowest BCUT2D eigenvalue weighted by Gasteiger charge is -1.84. The van der Waals surface area contributed by atoms with Gasteiger partial charge < -0.3 is 5.73 Å². The minimum atomic E-state index is -0.205. The van der Waals surface area contributed by atoms with E-state index < -0.39 is 0 Å². The summed E-state index contributed by atoms with van der Waals surface area (Å²) in [4.78, 5) is 0. The van der Waals surface area contributed by atoms with E-state index in [2.05, 4.69) is 0 Å². The van der Waals surface area contributed by atoms with Gasteiger partial charge in [-0.05, 0) is 19.0 Å². The summed E-state index contributed by atoms with van der Waals surface area (Å²) in [7, 11) is -0.205. The SMILES string of the molecule is NCCC[SiH2]Cl. The molecule has 0 aromatic heterocycles. The molecule has 0 aromatic rings. The molecular weight excluding hydrogens is 114 g/mol. The molecule has 0 aromatic carbocycles. The van der Waals surface area contributed by atoms with E-state index in [9.17, 15) is 0 Å². The van der Waals surface area contributed by atoms with Crippen molar-refractivity contribution in [2.45, 2.75) is 12.5 Å². The number of halogens is 1. The molecule has 1 nitrogen and oxygen atoms in total. The summed E-state index contributed by atoms with van der Waals surface area (Å²) in [5.41, 5.74) is 5.18. The molecule has 0 heterocycles. The first-order valence-electron chi connectivity index (χ1n) is 2.18. The van der Waals surface area contributed by atoms with E-state index in [-0.39, 0.29) is 8.83 Å². The van der Waals surface area contributed by atoms with E-state index in [4.69, 9.17) is 16.8 Å². The molecule has 0 aliphatic carbocycles. The molecule has 2 N–H and O–H groups in total. The van der Waals surface area contributed by atoms with Gasteiger partial charge in [-0.1, -0.05) is 0 Å². The molecule has 0 fully saturated rings. The van der Waals surface area contributed by atoms with E-state index in [1.165, 1.54) is 6.04 Å². The molecule has 0 spiro atoms. The maximum atomic E-state index is 5.46. The average molecular weight is 124 g/mol. The van der Waals surface area contributed by atoms with Crippen molar-refractivity contribution in [1.29, 1.82) is 0 Å². The van der Waals surface area contributed by atoms with E-state index in [0.29, 0.717) is 0 Å². The van der Waals surface area contributed by atoms with Gasteiger partial charge in [0.15, 0.2) is 0 Å². The highest BCUT2D eigenvalue weighted by molar-refractivity contribution is 6.93. The van der Waals surface area contributed by atoms with Gasteiger partial charge in [0.2, 0.25) is 0 Å². The van der Waals surface area contributed by atoms with E-state index in [1.54, 1.807) is 0 Å². The minimum Gasteiger partial charge on any atom is -0.330 e. The summed E-state index contributed by atoms with van der Waals surface area (Å²) >= 11 is 5.46. The largest absolute Gasteiger partial charge is 0.330 e. The van der Waals surface area contributed by atoms with Crippen LogP contribution in [0.3, 0.4) is 0 Å². The predicted octanol–water partition coefficient (Wildman–Crippen LogP) is 0.0761. The van der Waals surface area contributed by atoms with Crippen LogP contribution in [0, 0.1) is 0 Å². The predicted molar refractivity (Wildman–Crippen MR) is 32.9 cm³/mol. The summed E-state index contributed by atoms with van der Waals surface area (Å²) in [6.45, 7) is 0.805. The van der Waals surface area contributed by atoms with Crippen LogP contribution in [0.2, 0.25) is 6.04 Å². The molecule has 0 aliphatic heterocycles. The van der Waals surface area contributed by atoms with E-state index in [0.717, 1.165) is 13.0 Å². The van der Waals surface area contributed by atoms with Crippen LogP contribution in [0.15, 0.2) is 0 Å². The van der Waals surface area contributed by atoms with Crippen molar-refractivity contribution in [2.75, 3.05) is 6.54 Å². The molecule has 0 saturated heterocycles. The zero-order chi connectivity index (χ0) is 4.83. The highest BCUT2D eigenvalue weighted by Crippen LogP contribution is 1.85. The van der Waals surface area contributed by atoms with Gasteiger partial charge in [0.25, 0.3) is 0 Å². The van der Waals surface area contributed by atoms with Crippen molar-refractivity contribution < 1.29 is 0 Å². The van der Waals surface area contributed by atoms with Crippen LogP contribution in [0.5, 0.6) is 0 Å². The summed E-state index contributed by atoms with van der Waals surface area (Å²) < 4.78 is 0. The fraction of sp³-hybridized carbons (Fsp3) is 1.00. The lowest BCUT2D eigenvalue weighted by molar-refractivity contribution is 0.928. The van der Waals surface area contributed by atoms with Crippen LogP contribution in [-0.2, 0) is 0 Å². The molecule has 0 aliphatic rings. The first kappa shape index (κ1) is 6.47. The molecule has 0 unspecified atom stereocenters. The van der Waals surface area contributed by atoms with Crippen molar-refractivity contribution in [1.82, 2.24) is 0 Å². The Bertz CT molecular complexity index is 22.8. The minimum absolute atomic E-state index is 0.205. The third kappa shape index (κ3) is 4.47. The van der Waals surface area contributed by atoms with Gasteiger partial charge in [-0.15, -0.1) is 0 Å². The molecule has 0 atom stereocenters. The molecule has 38 valence electrons. The van der Waals surface area contributed by atoms with Gasteiger partial charge in [0.05, 0.1) is 0 Å². The molecule has 0 bridgehead atoms. The third-order valence-corrected chi connectivity index (χ3v) is 2.16. The molecular formula is C3H10ClNSi. The summed E-state index contributed by atoms with van der Waals surface area (Å²) in [6, 6.07) is 1.19. The molecule has 3 heteroatoms. The Morgan fingerprint density at radius 2 is 2.33 bits per heavy atom. The number of nitrogens with two attached hydrogens (primary N) is 1. The first-order valence-corrected chi connectivity index (χ1v) is 5.31. The summed E-state index contributed by atoms with van der Waals surface area (Å²) in [6.07, 6.45) is 1.12. The van der Waals surface area contributed by atoms with Crippen LogP contribution in [0.4, 0.5) is 0 Å². The van der Waals surface area contributed by atoms with Crippen LogP contribution >= 0.6 is 11.1 Å². The number of hydrogen-bond donors (Lipinski definition) is 1. The highest BCUT2D eigenvalue weighted by atomic mass is 35.6. The Morgan fingerprint density at radius 3 is 2.50 bits per heavy atom. The van der Waals surface area contributed by atoms with E-state index in [1.807, 2.05) is 0 Å². The van der Waals surface area contributed by atoms with Gasteiger partial charge in [-0.2, -0.15) is 11.1 Å². The second-order valence-electron chi connectivity index (χ2n) is 1.18. The van der Waals surface area contributed by atoms with Crippen LogP contribution in [0.25, 0.3) is 0 Å². The lowest BCUT2D eigenvalue weighted by Crippen LogP contribution is -1.97. The normalized spacial score (nSPS) is 11.0. The van der Waals surface area contributed by atoms with Crippen LogP contribution in [0.1, 0.15) is 6.42 Å². The number of hydrogen-bond acceptors (Lipinski definition) is 1. The molecule has 0 rings (SSSR count). The summed E-state index contributed by atoms with van der Waals surface area (Å²) in [5.74, 6) is 0. The fourth-order valence-corrected chi connectivity index (χ4v) is 1.28. The lowest BCUT2D eigenvalue weighted by atomic mass is 10.5. The highest BCUT2D eigenvalue weighted by Gasteiger charge is 1.78. The quantitative estimate of drug-likeness (QED) is 0.321. The molecule has 6 heavy (non-hydrogen) atoms. The van der Waals surface area contributed by atoms with Gasteiger partial charge in [0.1, 0.15) is 8.83 Å². The van der Waals surface area contributed by atoms with Crippen molar-refractivity contribution >= 4 is 19.9 Å². The Balaban J connectivity index is 2.34. The Kier molecular flexibility index (Phi) is 5.89. The second kappa shape index (κ2) is 5.47.